The Balaban J connectivity index is 1.56. The number of rotatable bonds is 3. The molecule has 0 saturated heterocycles. The second-order valence-electron chi connectivity index (χ2n) is 7.02. The van der Waals surface area contributed by atoms with E-state index in [2.05, 4.69) is 15.2 Å². The summed E-state index contributed by atoms with van der Waals surface area (Å²) >= 11 is 0. The molecule has 1 heterocycles. The first-order valence-electron chi connectivity index (χ1n) is 7.33. The van der Waals surface area contributed by atoms with Gasteiger partial charge in [0.1, 0.15) is 12.2 Å². The Bertz CT molecular complexity index is 390. The molecule has 4 bridgehead atoms. The first kappa shape index (κ1) is 11.0. The average Bonchev–Trinajstić information content (AvgIpc) is 2.79. The van der Waals surface area contributed by atoms with Crippen LogP contribution in [0.2, 0.25) is 0 Å². The van der Waals surface area contributed by atoms with Crippen molar-refractivity contribution in [3.05, 3.63) is 12.2 Å². The van der Waals surface area contributed by atoms with Gasteiger partial charge in [-0.3, -0.25) is 5.10 Å². The highest BCUT2D eigenvalue weighted by Crippen LogP contribution is 2.61. The van der Waals surface area contributed by atoms with Crippen molar-refractivity contribution in [3.8, 4) is 0 Å². The number of nitrogens with one attached hydrogen (secondary N) is 1. The molecule has 4 heteroatoms. The zero-order valence-electron chi connectivity index (χ0n) is 10.8. The van der Waals surface area contributed by atoms with Crippen LogP contribution in [-0.2, 0) is 6.42 Å². The van der Waals surface area contributed by atoms with Crippen molar-refractivity contribution in [3.63, 3.8) is 0 Å². The lowest BCUT2D eigenvalue weighted by Gasteiger charge is -2.58. The molecule has 1 aromatic heterocycles. The maximum absolute atomic E-state index is 6.58. The zero-order chi connectivity index (χ0) is 12.2. The third kappa shape index (κ3) is 1.62. The Hall–Kier alpha value is -0.900. The van der Waals surface area contributed by atoms with E-state index < -0.39 is 0 Å². The molecule has 0 spiro atoms. The molecule has 4 saturated carbocycles. The molecule has 4 fully saturated rings. The monoisotopic (exact) mass is 246 g/mol. The molecule has 4 nitrogen and oxygen atoms in total. The van der Waals surface area contributed by atoms with Crippen LogP contribution in [0.25, 0.3) is 0 Å². The van der Waals surface area contributed by atoms with Crippen molar-refractivity contribution in [2.75, 3.05) is 0 Å². The molecule has 0 amide bonds. The molecular formula is C14H22N4. The molecule has 1 aromatic rings. The van der Waals surface area contributed by atoms with Crippen LogP contribution < -0.4 is 5.73 Å². The summed E-state index contributed by atoms with van der Waals surface area (Å²) < 4.78 is 0. The van der Waals surface area contributed by atoms with Crippen molar-refractivity contribution in [1.82, 2.24) is 15.2 Å². The maximum Gasteiger partial charge on any atom is 0.137 e. The van der Waals surface area contributed by atoms with Crippen molar-refractivity contribution in [1.29, 1.82) is 0 Å². The molecular weight excluding hydrogens is 224 g/mol. The van der Waals surface area contributed by atoms with Crippen LogP contribution >= 0.6 is 0 Å². The highest BCUT2D eigenvalue weighted by Gasteiger charge is 2.53. The van der Waals surface area contributed by atoms with Crippen molar-refractivity contribution in [2.45, 2.75) is 51.0 Å². The summed E-state index contributed by atoms with van der Waals surface area (Å²) in [5.41, 5.74) is 6.99. The molecule has 4 aliphatic rings. The lowest BCUT2D eigenvalue weighted by atomic mass is 9.47. The summed E-state index contributed by atoms with van der Waals surface area (Å²) in [7, 11) is 0. The molecule has 98 valence electrons. The second-order valence-corrected chi connectivity index (χ2v) is 7.02. The predicted octanol–water partition coefficient (Wildman–Crippen LogP) is 1.89. The molecule has 18 heavy (non-hydrogen) atoms. The van der Waals surface area contributed by atoms with E-state index in [0.29, 0.717) is 5.41 Å². The van der Waals surface area contributed by atoms with Gasteiger partial charge in [0, 0.05) is 12.5 Å². The third-order valence-electron chi connectivity index (χ3n) is 5.75. The van der Waals surface area contributed by atoms with E-state index in [4.69, 9.17) is 5.73 Å². The Morgan fingerprint density at radius 1 is 1.22 bits per heavy atom. The number of H-pyrrole nitrogens is 1. The number of hydrogen-bond acceptors (Lipinski definition) is 3. The second kappa shape index (κ2) is 3.80. The summed E-state index contributed by atoms with van der Waals surface area (Å²) in [6.45, 7) is 0. The van der Waals surface area contributed by atoms with Gasteiger partial charge in [-0.05, 0) is 61.7 Å². The molecule has 1 unspecified atom stereocenters. The van der Waals surface area contributed by atoms with Crippen LogP contribution in [0.15, 0.2) is 6.33 Å². The van der Waals surface area contributed by atoms with Gasteiger partial charge in [0.15, 0.2) is 0 Å². The van der Waals surface area contributed by atoms with Crippen LogP contribution in [0.4, 0.5) is 0 Å². The lowest BCUT2D eigenvalue weighted by Crippen LogP contribution is -2.55. The normalized spacial score (nSPS) is 43.3. The van der Waals surface area contributed by atoms with Crippen molar-refractivity contribution in [2.24, 2.45) is 28.9 Å². The Kier molecular flexibility index (Phi) is 2.31. The largest absolute Gasteiger partial charge is 0.327 e. The van der Waals surface area contributed by atoms with E-state index in [0.717, 1.165) is 30.0 Å². The molecule has 0 radical (unpaired) electrons. The van der Waals surface area contributed by atoms with Gasteiger partial charge < -0.3 is 5.73 Å². The van der Waals surface area contributed by atoms with Gasteiger partial charge in [-0.15, -0.1) is 0 Å². The minimum absolute atomic E-state index is 0.263. The predicted molar refractivity (Wildman–Crippen MR) is 68.7 cm³/mol. The molecule has 5 rings (SSSR count). The molecule has 0 aromatic carbocycles. The van der Waals surface area contributed by atoms with Crippen LogP contribution in [-0.4, -0.2) is 21.2 Å². The van der Waals surface area contributed by atoms with E-state index in [1.807, 2.05) is 0 Å². The van der Waals surface area contributed by atoms with E-state index in [9.17, 15) is 0 Å². The number of hydrogen-bond donors (Lipinski definition) is 2. The van der Waals surface area contributed by atoms with Gasteiger partial charge in [0.25, 0.3) is 0 Å². The quantitative estimate of drug-likeness (QED) is 0.856. The maximum atomic E-state index is 6.58. The van der Waals surface area contributed by atoms with Gasteiger partial charge in [0.05, 0.1) is 0 Å². The van der Waals surface area contributed by atoms with Crippen LogP contribution in [0.5, 0.6) is 0 Å². The number of aromatic nitrogens is 3. The Morgan fingerprint density at radius 3 is 2.33 bits per heavy atom. The van der Waals surface area contributed by atoms with Gasteiger partial charge in [0.2, 0.25) is 0 Å². The lowest BCUT2D eigenvalue weighted by molar-refractivity contribution is -0.0670. The molecule has 3 N–H and O–H groups in total. The van der Waals surface area contributed by atoms with Crippen LogP contribution in [0, 0.1) is 23.2 Å². The summed E-state index contributed by atoms with van der Waals surface area (Å²) in [5, 5.41) is 6.89. The first-order chi connectivity index (χ1) is 8.73. The zero-order valence-corrected chi connectivity index (χ0v) is 10.8. The minimum Gasteiger partial charge on any atom is -0.327 e. The summed E-state index contributed by atoms with van der Waals surface area (Å²) in [6.07, 6.45) is 11.0. The standard InChI is InChI=1S/C14H22N4/c15-12(4-13-16-8-17-18-13)14-5-9-1-10(6-14)3-11(2-9)7-14/h8-12H,1-7,15H2,(H,16,17,18). The van der Waals surface area contributed by atoms with Crippen LogP contribution in [0.3, 0.4) is 0 Å². The minimum atomic E-state index is 0.263. The molecule has 4 aliphatic carbocycles. The third-order valence-corrected chi connectivity index (χ3v) is 5.75. The molecule has 1 atom stereocenters. The highest BCUT2D eigenvalue weighted by atomic mass is 15.2. The summed E-state index contributed by atoms with van der Waals surface area (Å²) in [6, 6.07) is 0.263. The fourth-order valence-electron chi connectivity index (χ4n) is 5.39. The Labute approximate surface area is 108 Å². The van der Waals surface area contributed by atoms with Crippen molar-refractivity contribution >= 4 is 0 Å². The summed E-state index contributed by atoms with van der Waals surface area (Å²) in [5.74, 6) is 3.87. The van der Waals surface area contributed by atoms with E-state index in [-0.39, 0.29) is 6.04 Å². The number of nitrogens with two attached hydrogens (primary N) is 1. The number of aromatic amines is 1. The first-order valence-corrected chi connectivity index (χ1v) is 7.33. The van der Waals surface area contributed by atoms with Crippen LogP contribution in [0.1, 0.15) is 44.3 Å². The summed E-state index contributed by atoms with van der Waals surface area (Å²) in [4.78, 5) is 4.24. The smallest absolute Gasteiger partial charge is 0.137 e. The number of nitrogens with zero attached hydrogens (tertiary/aromatic N) is 2. The van der Waals surface area contributed by atoms with E-state index in [1.165, 1.54) is 38.5 Å². The van der Waals surface area contributed by atoms with E-state index in [1.54, 1.807) is 6.33 Å². The van der Waals surface area contributed by atoms with Gasteiger partial charge in [-0.2, -0.15) is 5.10 Å². The van der Waals surface area contributed by atoms with Gasteiger partial charge >= 0.3 is 0 Å². The molecule has 0 aliphatic heterocycles. The fraction of sp³-hybridized carbons (Fsp3) is 0.857. The van der Waals surface area contributed by atoms with Gasteiger partial charge in [-0.25, -0.2) is 4.98 Å². The van der Waals surface area contributed by atoms with E-state index >= 15 is 0 Å². The Morgan fingerprint density at radius 2 is 1.83 bits per heavy atom. The fourth-order valence-corrected chi connectivity index (χ4v) is 5.39. The van der Waals surface area contributed by atoms with Gasteiger partial charge in [-0.1, -0.05) is 0 Å². The topological polar surface area (TPSA) is 67.6 Å². The SMILES string of the molecule is NC(Cc1ncn[nH]1)C12CC3CC(CC(C3)C1)C2. The average molecular weight is 246 g/mol. The highest BCUT2D eigenvalue weighted by molar-refractivity contribution is 5.07. The van der Waals surface area contributed by atoms with Crippen molar-refractivity contribution < 1.29 is 0 Å².